The summed E-state index contributed by atoms with van der Waals surface area (Å²) >= 11 is 0. The van der Waals surface area contributed by atoms with Crippen molar-refractivity contribution >= 4 is 16.7 Å². The zero-order valence-electron chi connectivity index (χ0n) is 17.4. The maximum atomic E-state index is 11.0. The van der Waals surface area contributed by atoms with Crippen LogP contribution in [0.25, 0.3) is 22.0 Å². The number of rotatable bonds is 5. The number of allylic oxidation sites excluding steroid dienone is 1. The number of H-pyrrole nitrogens is 1. The van der Waals surface area contributed by atoms with Crippen LogP contribution in [0.5, 0.6) is 11.6 Å². The van der Waals surface area contributed by atoms with Gasteiger partial charge in [-0.25, -0.2) is 0 Å². The number of carbonyl (C=O) groups excluding carboxylic acids is 1. The van der Waals surface area contributed by atoms with Crippen molar-refractivity contribution in [3.63, 3.8) is 0 Å². The Morgan fingerprint density at radius 3 is 2.61 bits per heavy atom. The lowest BCUT2D eigenvalue weighted by molar-refractivity contribution is -0.119. The number of hydrogen-bond donors (Lipinski definition) is 3. The average Bonchev–Trinajstić information content (AvgIpc) is 3.25. The van der Waals surface area contributed by atoms with Crippen molar-refractivity contribution in [1.29, 1.82) is 5.26 Å². The van der Waals surface area contributed by atoms with E-state index >= 15 is 0 Å². The van der Waals surface area contributed by atoms with Crippen molar-refractivity contribution in [3.05, 3.63) is 89.3 Å². The molecule has 5 rings (SSSR count). The van der Waals surface area contributed by atoms with E-state index in [-0.39, 0.29) is 18.1 Å². The van der Waals surface area contributed by atoms with Gasteiger partial charge in [-0.2, -0.15) is 5.26 Å². The third kappa shape index (κ3) is 3.62. The van der Waals surface area contributed by atoms with Crippen LogP contribution in [0, 0.1) is 11.3 Å². The Morgan fingerprint density at radius 2 is 1.88 bits per heavy atom. The number of primary amides is 1. The van der Waals surface area contributed by atoms with Crippen LogP contribution in [0.3, 0.4) is 0 Å². The molecule has 0 unspecified atom stereocenters. The van der Waals surface area contributed by atoms with Crippen molar-refractivity contribution in [1.82, 2.24) is 10.2 Å². The Balaban J connectivity index is 1.61. The van der Waals surface area contributed by atoms with E-state index in [0.29, 0.717) is 11.6 Å². The number of aromatic nitrogens is 2. The van der Waals surface area contributed by atoms with E-state index in [1.165, 1.54) is 0 Å². The van der Waals surface area contributed by atoms with E-state index in [1.54, 1.807) is 12.1 Å². The first kappa shape index (κ1) is 20.2. The highest BCUT2D eigenvalue weighted by molar-refractivity contribution is 5.87. The second-order valence-corrected chi connectivity index (χ2v) is 7.63. The van der Waals surface area contributed by atoms with E-state index in [1.807, 2.05) is 48.5 Å². The second-order valence-electron chi connectivity index (χ2n) is 7.63. The summed E-state index contributed by atoms with van der Waals surface area (Å²) in [6.07, 6.45) is 0. The van der Waals surface area contributed by atoms with Crippen LogP contribution < -0.4 is 20.9 Å². The number of hydrogen-bond acceptors (Lipinski definition) is 6. The van der Waals surface area contributed by atoms with Crippen LogP contribution in [0.1, 0.15) is 17.0 Å². The summed E-state index contributed by atoms with van der Waals surface area (Å²) in [7, 11) is 0. The van der Waals surface area contributed by atoms with Gasteiger partial charge in [0.1, 0.15) is 17.4 Å². The quantitative estimate of drug-likeness (QED) is 0.438. The molecule has 3 aromatic carbocycles. The SMILES string of the molecule is N#CC1=C(N)Oc2n[nH]c(-c3ccc4ccccc4c3)c2[C@H]1c1ccc(OCC(N)=O)cc1. The molecule has 0 fully saturated rings. The molecule has 1 aromatic heterocycles. The van der Waals surface area contributed by atoms with Gasteiger partial charge in [0.05, 0.1) is 17.2 Å². The molecule has 0 bridgehead atoms. The number of nitriles is 1. The van der Waals surface area contributed by atoms with Crippen molar-refractivity contribution in [2.75, 3.05) is 6.61 Å². The molecule has 0 radical (unpaired) electrons. The number of carbonyl (C=O) groups is 1. The third-order valence-electron chi connectivity index (χ3n) is 5.57. The van der Waals surface area contributed by atoms with Gasteiger partial charge < -0.3 is 20.9 Å². The first-order valence-corrected chi connectivity index (χ1v) is 10.2. The Morgan fingerprint density at radius 1 is 1.12 bits per heavy atom. The lowest BCUT2D eigenvalue weighted by Crippen LogP contribution is -2.21. The molecule has 1 amide bonds. The summed E-state index contributed by atoms with van der Waals surface area (Å²) in [5, 5.41) is 19.5. The lowest BCUT2D eigenvalue weighted by Gasteiger charge is -2.24. The average molecular weight is 437 g/mol. The lowest BCUT2D eigenvalue weighted by atomic mass is 9.83. The molecule has 1 atom stereocenters. The highest BCUT2D eigenvalue weighted by Crippen LogP contribution is 2.46. The largest absolute Gasteiger partial charge is 0.484 e. The van der Waals surface area contributed by atoms with E-state index in [2.05, 4.69) is 22.3 Å². The first-order chi connectivity index (χ1) is 16.0. The molecule has 2 heterocycles. The van der Waals surface area contributed by atoms with Crippen molar-refractivity contribution in [2.45, 2.75) is 5.92 Å². The molecule has 1 aliphatic heterocycles. The Labute approximate surface area is 189 Å². The van der Waals surface area contributed by atoms with Crippen LogP contribution in [-0.2, 0) is 4.79 Å². The van der Waals surface area contributed by atoms with Crippen LogP contribution in [-0.4, -0.2) is 22.7 Å². The number of ether oxygens (including phenoxy) is 2. The number of nitrogens with one attached hydrogen (secondary N) is 1. The van der Waals surface area contributed by atoms with Crippen LogP contribution >= 0.6 is 0 Å². The fourth-order valence-electron chi connectivity index (χ4n) is 4.05. The maximum Gasteiger partial charge on any atom is 0.255 e. The number of aromatic amines is 1. The summed E-state index contributed by atoms with van der Waals surface area (Å²) in [4.78, 5) is 11.0. The summed E-state index contributed by atoms with van der Waals surface area (Å²) in [6.45, 7) is -0.217. The van der Waals surface area contributed by atoms with E-state index in [4.69, 9.17) is 20.9 Å². The van der Waals surface area contributed by atoms with Gasteiger partial charge in [0.2, 0.25) is 11.8 Å². The minimum absolute atomic E-state index is 0.0145. The van der Waals surface area contributed by atoms with E-state index < -0.39 is 11.8 Å². The fourth-order valence-corrected chi connectivity index (χ4v) is 4.05. The monoisotopic (exact) mass is 437 g/mol. The number of benzene rings is 3. The van der Waals surface area contributed by atoms with Gasteiger partial charge >= 0.3 is 0 Å². The van der Waals surface area contributed by atoms with Gasteiger partial charge in [-0.3, -0.25) is 9.89 Å². The predicted octanol–water partition coefficient (Wildman–Crippen LogP) is 3.31. The Hall–Kier alpha value is -4.77. The number of nitrogens with zero attached hydrogens (tertiary/aromatic N) is 2. The van der Waals surface area contributed by atoms with Gasteiger partial charge in [-0.15, -0.1) is 5.10 Å². The van der Waals surface area contributed by atoms with E-state index in [0.717, 1.165) is 33.2 Å². The third-order valence-corrected chi connectivity index (χ3v) is 5.57. The summed E-state index contributed by atoms with van der Waals surface area (Å²) in [5.41, 5.74) is 14.7. The Bertz CT molecular complexity index is 1450. The van der Waals surface area contributed by atoms with Gasteiger partial charge in [0.25, 0.3) is 5.91 Å². The normalized spacial score (nSPS) is 14.9. The molecule has 0 saturated carbocycles. The molecule has 33 heavy (non-hydrogen) atoms. The zero-order valence-corrected chi connectivity index (χ0v) is 17.4. The topological polar surface area (TPSA) is 140 Å². The number of fused-ring (bicyclic) bond motifs is 2. The standard InChI is InChI=1S/C25H19N5O3/c26-12-19-21(15-7-9-18(10-8-15)32-13-20(27)31)22-23(29-30-25(22)33-24(19)28)17-6-5-14-3-1-2-4-16(14)11-17/h1-11,21H,13,28H2,(H2,27,31)(H,29,30)/t21-/m0/s1. The van der Waals surface area contributed by atoms with Crippen LogP contribution in [0.15, 0.2) is 78.2 Å². The molecule has 1 aliphatic rings. The molecule has 0 aliphatic carbocycles. The molecule has 8 nitrogen and oxygen atoms in total. The number of amides is 1. The molecule has 5 N–H and O–H groups in total. The minimum atomic E-state index is -0.561. The van der Waals surface area contributed by atoms with Gasteiger partial charge in [0, 0.05) is 5.56 Å². The molecule has 0 saturated heterocycles. The molecular weight excluding hydrogens is 418 g/mol. The van der Waals surface area contributed by atoms with Gasteiger partial charge in [0.15, 0.2) is 6.61 Å². The van der Waals surface area contributed by atoms with Crippen LogP contribution in [0.4, 0.5) is 0 Å². The van der Waals surface area contributed by atoms with Crippen molar-refractivity contribution in [3.8, 4) is 29.0 Å². The summed E-state index contributed by atoms with van der Waals surface area (Å²) < 4.78 is 11.0. The predicted molar refractivity (Wildman–Crippen MR) is 122 cm³/mol. The van der Waals surface area contributed by atoms with Crippen molar-refractivity contribution in [2.24, 2.45) is 11.5 Å². The molecule has 0 spiro atoms. The summed E-state index contributed by atoms with van der Waals surface area (Å²) in [5.74, 6) is -0.227. The molecular formula is C25H19N5O3. The molecule has 162 valence electrons. The molecule has 4 aromatic rings. The van der Waals surface area contributed by atoms with Crippen LogP contribution in [0.2, 0.25) is 0 Å². The Kier molecular flexibility index (Phi) is 4.92. The maximum absolute atomic E-state index is 11.0. The fraction of sp³-hybridized carbons (Fsp3) is 0.0800. The highest BCUT2D eigenvalue weighted by Gasteiger charge is 2.35. The second kappa shape index (κ2) is 8.05. The smallest absolute Gasteiger partial charge is 0.255 e. The number of nitrogens with two attached hydrogens (primary N) is 2. The van der Waals surface area contributed by atoms with Gasteiger partial charge in [-0.05, 0) is 34.5 Å². The highest BCUT2D eigenvalue weighted by atomic mass is 16.5. The minimum Gasteiger partial charge on any atom is -0.484 e. The zero-order chi connectivity index (χ0) is 22.9. The van der Waals surface area contributed by atoms with E-state index in [9.17, 15) is 10.1 Å². The van der Waals surface area contributed by atoms with Gasteiger partial charge in [-0.1, -0.05) is 48.5 Å². The molecule has 8 heteroatoms. The first-order valence-electron chi connectivity index (χ1n) is 10.2. The van der Waals surface area contributed by atoms with Crippen molar-refractivity contribution < 1.29 is 14.3 Å². The summed E-state index contributed by atoms with van der Waals surface area (Å²) in [6, 6.07) is 23.4.